The molecule has 4 rings (SSSR count). The Hall–Kier alpha value is -2.15. The van der Waals surface area contributed by atoms with Gasteiger partial charge < -0.3 is 10.0 Å². The molecule has 3 aliphatic rings. The second kappa shape index (κ2) is 16.6. The molecule has 1 aromatic rings. The summed E-state index contributed by atoms with van der Waals surface area (Å²) in [6.45, 7) is 3.19. The monoisotopic (exact) mass is 621 g/mol. The standard InChI is InChI=1S/C18H22ClNO5S.C14H26N2/c19-14-8-4-5-9-16(14)26(24,25)13-10-15(18(22)23)20(11-13)17(21)12-6-2-1-3-7-12;1-2-3-4-5-6-7-8-9-12-16-14(13-15)10-11-14/h4-5,8-9,12-13,15H,1-3,6-7,10-11H2,(H,22,23);16H,2-12H2,1H3/t13-,15+;/m1./s1. The molecule has 1 aliphatic heterocycles. The normalized spacial score (nSPS) is 21.7. The van der Waals surface area contributed by atoms with E-state index >= 15 is 0 Å². The number of sulfone groups is 1. The van der Waals surface area contributed by atoms with Crippen molar-refractivity contribution < 1.29 is 23.1 Å². The first-order valence-electron chi connectivity index (χ1n) is 15.8. The van der Waals surface area contributed by atoms with E-state index in [1.165, 1.54) is 68.4 Å². The van der Waals surface area contributed by atoms with Crippen molar-refractivity contribution in [2.24, 2.45) is 5.92 Å². The van der Waals surface area contributed by atoms with Crippen LogP contribution in [0, 0.1) is 17.2 Å². The minimum atomic E-state index is -3.82. The molecule has 1 aromatic carbocycles. The van der Waals surface area contributed by atoms with Crippen LogP contribution in [-0.2, 0) is 19.4 Å². The molecule has 1 heterocycles. The Morgan fingerprint density at radius 1 is 1.05 bits per heavy atom. The molecule has 8 nitrogen and oxygen atoms in total. The van der Waals surface area contributed by atoms with Gasteiger partial charge in [0.15, 0.2) is 9.84 Å². The van der Waals surface area contributed by atoms with Crippen LogP contribution in [0.2, 0.25) is 5.02 Å². The maximum Gasteiger partial charge on any atom is 0.326 e. The molecule has 2 atom stereocenters. The van der Waals surface area contributed by atoms with Gasteiger partial charge >= 0.3 is 5.97 Å². The van der Waals surface area contributed by atoms with E-state index in [0.29, 0.717) is 0 Å². The molecule has 42 heavy (non-hydrogen) atoms. The lowest BCUT2D eigenvalue weighted by Crippen LogP contribution is -2.44. The molecular formula is C32H48ClN3O5S. The quantitative estimate of drug-likeness (QED) is 0.226. The summed E-state index contributed by atoms with van der Waals surface area (Å²) >= 11 is 6.03. The number of likely N-dealkylation sites (tertiary alicyclic amines) is 1. The number of hydrogen-bond acceptors (Lipinski definition) is 6. The van der Waals surface area contributed by atoms with Gasteiger partial charge in [0, 0.05) is 12.5 Å². The maximum atomic E-state index is 13.0. The van der Waals surface area contributed by atoms with Gasteiger partial charge in [-0.15, -0.1) is 0 Å². The van der Waals surface area contributed by atoms with Gasteiger partial charge in [0.1, 0.15) is 11.6 Å². The summed E-state index contributed by atoms with van der Waals surface area (Å²) in [6, 6.07) is 7.38. The number of benzene rings is 1. The van der Waals surface area contributed by atoms with E-state index in [9.17, 15) is 23.1 Å². The fraction of sp³-hybridized carbons (Fsp3) is 0.719. The van der Waals surface area contributed by atoms with Crippen molar-refractivity contribution >= 4 is 33.3 Å². The summed E-state index contributed by atoms with van der Waals surface area (Å²) in [5.41, 5.74) is -0.110. The minimum Gasteiger partial charge on any atom is -0.480 e. The van der Waals surface area contributed by atoms with Crippen LogP contribution < -0.4 is 5.32 Å². The van der Waals surface area contributed by atoms with Crippen LogP contribution in [0.15, 0.2) is 29.2 Å². The largest absolute Gasteiger partial charge is 0.480 e. The van der Waals surface area contributed by atoms with Gasteiger partial charge in [-0.25, -0.2) is 13.2 Å². The first-order valence-corrected chi connectivity index (χ1v) is 17.8. The third-order valence-electron chi connectivity index (χ3n) is 8.83. The summed E-state index contributed by atoms with van der Waals surface area (Å²) in [4.78, 5) is 25.7. The number of halogens is 1. The van der Waals surface area contributed by atoms with E-state index in [2.05, 4.69) is 18.3 Å². The van der Waals surface area contributed by atoms with Crippen molar-refractivity contribution in [3.8, 4) is 6.07 Å². The predicted molar refractivity (Wildman–Crippen MR) is 165 cm³/mol. The number of aliphatic carboxylic acids is 1. The number of carbonyl (C=O) groups is 2. The number of carbonyl (C=O) groups excluding carboxylic acids is 1. The Balaban J connectivity index is 0.000000260. The van der Waals surface area contributed by atoms with Crippen LogP contribution in [-0.4, -0.2) is 60.2 Å². The third-order valence-corrected chi connectivity index (χ3v) is 11.5. The van der Waals surface area contributed by atoms with Gasteiger partial charge in [-0.05, 0) is 57.2 Å². The van der Waals surface area contributed by atoms with Gasteiger partial charge in [0.25, 0.3) is 0 Å². The Bertz CT molecular complexity index is 1170. The second-order valence-corrected chi connectivity index (χ2v) is 14.7. The molecule has 0 aromatic heterocycles. The van der Waals surface area contributed by atoms with Gasteiger partial charge in [-0.1, -0.05) is 94.9 Å². The van der Waals surface area contributed by atoms with Gasteiger partial charge in [-0.2, -0.15) is 5.26 Å². The molecule has 0 bridgehead atoms. The highest BCUT2D eigenvalue weighted by Gasteiger charge is 2.47. The first-order chi connectivity index (χ1) is 20.1. The van der Waals surface area contributed by atoms with Gasteiger partial charge in [0.05, 0.1) is 21.2 Å². The molecule has 0 unspecified atom stereocenters. The van der Waals surface area contributed by atoms with E-state index in [4.69, 9.17) is 16.9 Å². The van der Waals surface area contributed by atoms with Crippen LogP contribution in [0.5, 0.6) is 0 Å². The van der Waals surface area contributed by atoms with Crippen molar-refractivity contribution in [3.05, 3.63) is 29.3 Å². The Kier molecular flexibility index (Phi) is 13.6. The number of carboxylic acid groups (broad SMARTS) is 1. The minimum absolute atomic E-state index is 0.0113. The van der Waals surface area contributed by atoms with E-state index in [-0.39, 0.29) is 40.2 Å². The highest BCUT2D eigenvalue weighted by atomic mass is 35.5. The van der Waals surface area contributed by atoms with Crippen LogP contribution in [0.25, 0.3) is 0 Å². The highest BCUT2D eigenvalue weighted by Crippen LogP contribution is 2.35. The number of nitrogens with one attached hydrogen (secondary N) is 1. The summed E-state index contributed by atoms with van der Waals surface area (Å²) in [5.74, 6) is -1.59. The number of nitrogens with zero attached hydrogens (tertiary/aromatic N) is 2. The molecule has 2 N–H and O–H groups in total. The molecule has 1 amide bonds. The van der Waals surface area contributed by atoms with Crippen molar-refractivity contribution in [3.63, 3.8) is 0 Å². The zero-order valence-corrected chi connectivity index (χ0v) is 26.6. The zero-order chi connectivity index (χ0) is 30.6. The molecule has 0 radical (unpaired) electrons. The SMILES string of the molecule is CCCCCCCCCCNC1(C#N)CC1.O=C(O)[C@@H]1C[C@@H](S(=O)(=O)c2ccccc2Cl)CN1C(=O)C1CCCCC1. The number of carboxylic acids is 1. The van der Waals surface area contributed by atoms with Gasteiger partial charge in [0.2, 0.25) is 5.91 Å². The lowest BCUT2D eigenvalue weighted by atomic mass is 9.88. The zero-order valence-electron chi connectivity index (χ0n) is 25.0. The maximum absolute atomic E-state index is 13.0. The predicted octanol–water partition coefficient (Wildman–Crippen LogP) is 6.52. The number of rotatable bonds is 14. The van der Waals surface area contributed by atoms with Crippen molar-refractivity contribution in [1.29, 1.82) is 5.26 Å². The lowest BCUT2D eigenvalue weighted by Gasteiger charge is -2.28. The van der Waals surface area contributed by atoms with E-state index < -0.39 is 27.1 Å². The topological polar surface area (TPSA) is 128 Å². The number of hydrogen-bond donors (Lipinski definition) is 2. The van der Waals surface area contributed by atoms with Crippen molar-refractivity contribution in [1.82, 2.24) is 10.2 Å². The number of nitriles is 1. The molecule has 1 saturated heterocycles. The summed E-state index contributed by atoms with van der Waals surface area (Å²) in [5, 5.41) is 20.9. The summed E-state index contributed by atoms with van der Waals surface area (Å²) in [7, 11) is -3.82. The first kappa shape index (κ1) is 34.3. The Morgan fingerprint density at radius 3 is 2.24 bits per heavy atom. The molecule has 2 aliphatic carbocycles. The molecular weight excluding hydrogens is 574 g/mol. The summed E-state index contributed by atoms with van der Waals surface area (Å²) < 4.78 is 25.9. The highest BCUT2D eigenvalue weighted by molar-refractivity contribution is 7.92. The lowest BCUT2D eigenvalue weighted by molar-refractivity contribution is -0.150. The molecule has 234 valence electrons. The Morgan fingerprint density at radius 2 is 1.67 bits per heavy atom. The third kappa shape index (κ3) is 9.68. The smallest absolute Gasteiger partial charge is 0.326 e. The van der Waals surface area contributed by atoms with Gasteiger partial charge in [-0.3, -0.25) is 10.1 Å². The molecule has 3 fully saturated rings. The fourth-order valence-electron chi connectivity index (χ4n) is 5.98. The average molecular weight is 622 g/mol. The van der Waals surface area contributed by atoms with E-state index in [1.54, 1.807) is 12.1 Å². The number of unbranched alkanes of at least 4 members (excludes halogenated alkanes) is 7. The molecule has 2 saturated carbocycles. The molecule has 10 heteroatoms. The van der Waals surface area contributed by atoms with Crippen LogP contribution >= 0.6 is 11.6 Å². The number of amides is 1. The fourth-order valence-corrected chi connectivity index (χ4v) is 8.20. The Labute approximate surface area is 257 Å². The van der Waals surface area contributed by atoms with Crippen molar-refractivity contribution in [2.45, 2.75) is 131 Å². The second-order valence-electron chi connectivity index (χ2n) is 12.1. The van der Waals surface area contributed by atoms with E-state index in [0.717, 1.165) is 51.5 Å². The van der Waals surface area contributed by atoms with Crippen molar-refractivity contribution in [2.75, 3.05) is 13.1 Å². The summed E-state index contributed by atoms with van der Waals surface area (Å²) in [6.07, 6.45) is 17.3. The van der Waals surface area contributed by atoms with E-state index in [1.807, 2.05) is 0 Å². The van der Waals surface area contributed by atoms with Crippen LogP contribution in [0.4, 0.5) is 0 Å². The van der Waals surface area contributed by atoms with Crippen LogP contribution in [0.1, 0.15) is 110 Å². The van der Waals surface area contributed by atoms with Crippen LogP contribution in [0.3, 0.4) is 0 Å². The molecule has 0 spiro atoms. The average Bonchev–Trinajstić information content (AvgIpc) is 3.62.